The zero-order chi connectivity index (χ0) is 19.1. The summed E-state index contributed by atoms with van der Waals surface area (Å²) in [5, 5.41) is 13.4. The standard InChI is InChI=1S/C18H20N2O4S2/c1-2-6-13(17(23)24)19-15(21)9-10-20-16(22)14(26-18(20)25)11-12-7-4-3-5-8-12/h3-5,7-8,11,13H,2,6,9-10H2,1H3,(H,19,21)(H,23,24)/p-1/b14-11+/t13-/m1/s1. The molecule has 0 unspecified atom stereocenters. The summed E-state index contributed by atoms with van der Waals surface area (Å²) < 4.78 is 0.384. The Labute approximate surface area is 161 Å². The highest BCUT2D eigenvalue weighted by Gasteiger charge is 2.32. The molecule has 0 spiro atoms. The first-order chi connectivity index (χ1) is 12.4. The average molecular weight is 391 g/mol. The minimum atomic E-state index is -1.31. The third kappa shape index (κ3) is 5.40. The van der Waals surface area contributed by atoms with E-state index in [0.717, 1.165) is 5.56 Å². The molecule has 26 heavy (non-hydrogen) atoms. The quantitative estimate of drug-likeness (QED) is 0.531. The Morgan fingerprint density at radius 3 is 2.65 bits per heavy atom. The second-order valence-electron chi connectivity index (χ2n) is 5.72. The number of amides is 2. The number of nitrogens with one attached hydrogen (secondary N) is 1. The van der Waals surface area contributed by atoms with E-state index in [9.17, 15) is 19.5 Å². The summed E-state index contributed by atoms with van der Waals surface area (Å²) in [6.45, 7) is 1.93. The summed E-state index contributed by atoms with van der Waals surface area (Å²) in [5.41, 5.74) is 0.891. The zero-order valence-corrected chi connectivity index (χ0v) is 15.9. The van der Waals surface area contributed by atoms with Crippen molar-refractivity contribution in [3.8, 4) is 0 Å². The van der Waals surface area contributed by atoms with Gasteiger partial charge in [0.15, 0.2) is 0 Å². The van der Waals surface area contributed by atoms with Crippen LogP contribution in [0.3, 0.4) is 0 Å². The first-order valence-electron chi connectivity index (χ1n) is 8.23. The molecule has 0 radical (unpaired) electrons. The van der Waals surface area contributed by atoms with Gasteiger partial charge in [-0.15, -0.1) is 0 Å². The molecule has 1 atom stereocenters. The fourth-order valence-corrected chi connectivity index (χ4v) is 3.72. The smallest absolute Gasteiger partial charge is 0.266 e. The van der Waals surface area contributed by atoms with Crippen molar-refractivity contribution in [1.82, 2.24) is 10.2 Å². The summed E-state index contributed by atoms with van der Waals surface area (Å²) in [5.74, 6) is -2.01. The minimum absolute atomic E-state index is 0.0292. The number of thioether (sulfide) groups is 1. The van der Waals surface area contributed by atoms with Crippen molar-refractivity contribution in [3.63, 3.8) is 0 Å². The number of carboxylic acids is 1. The maximum atomic E-state index is 12.5. The van der Waals surface area contributed by atoms with Gasteiger partial charge in [0.25, 0.3) is 5.91 Å². The van der Waals surface area contributed by atoms with Gasteiger partial charge in [0.1, 0.15) is 4.32 Å². The van der Waals surface area contributed by atoms with Crippen molar-refractivity contribution in [3.05, 3.63) is 40.8 Å². The molecule has 0 aromatic heterocycles. The van der Waals surface area contributed by atoms with Crippen LogP contribution < -0.4 is 10.4 Å². The van der Waals surface area contributed by atoms with Crippen LogP contribution in [0.4, 0.5) is 0 Å². The summed E-state index contributed by atoms with van der Waals surface area (Å²) in [7, 11) is 0. The highest BCUT2D eigenvalue weighted by atomic mass is 32.2. The third-order valence-electron chi connectivity index (χ3n) is 3.73. The molecule has 2 rings (SSSR count). The Morgan fingerprint density at radius 2 is 2.04 bits per heavy atom. The van der Waals surface area contributed by atoms with Crippen LogP contribution in [0.2, 0.25) is 0 Å². The number of benzene rings is 1. The lowest BCUT2D eigenvalue weighted by Gasteiger charge is -2.20. The van der Waals surface area contributed by atoms with Crippen LogP contribution in [-0.2, 0) is 14.4 Å². The fraction of sp³-hybridized carbons (Fsp3) is 0.333. The van der Waals surface area contributed by atoms with Gasteiger partial charge in [-0.1, -0.05) is 67.7 Å². The number of hydrogen-bond acceptors (Lipinski definition) is 6. The van der Waals surface area contributed by atoms with E-state index in [1.165, 1.54) is 16.7 Å². The first-order valence-corrected chi connectivity index (χ1v) is 9.45. The molecule has 2 amide bonds. The molecule has 1 saturated heterocycles. The Morgan fingerprint density at radius 1 is 1.35 bits per heavy atom. The van der Waals surface area contributed by atoms with Crippen LogP contribution in [0, 0.1) is 0 Å². The van der Waals surface area contributed by atoms with E-state index in [4.69, 9.17) is 12.2 Å². The topological polar surface area (TPSA) is 89.5 Å². The van der Waals surface area contributed by atoms with Gasteiger partial charge >= 0.3 is 0 Å². The Bertz CT molecular complexity index is 734. The maximum Gasteiger partial charge on any atom is 0.266 e. The fourth-order valence-electron chi connectivity index (χ4n) is 2.41. The van der Waals surface area contributed by atoms with Crippen molar-refractivity contribution < 1.29 is 19.5 Å². The maximum absolute atomic E-state index is 12.5. The van der Waals surface area contributed by atoms with Gasteiger partial charge in [-0.05, 0) is 18.1 Å². The number of hydrogen-bond donors (Lipinski definition) is 1. The van der Waals surface area contributed by atoms with E-state index in [1.54, 1.807) is 6.08 Å². The van der Waals surface area contributed by atoms with Crippen LogP contribution in [0.25, 0.3) is 6.08 Å². The highest BCUT2D eigenvalue weighted by molar-refractivity contribution is 8.26. The first kappa shape index (κ1) is 20.1. The predicted molar refractivity (Wildman–Crippen MR) is 103 cm³/mol. The average Bonchev–Trinajstić information content (AvgIpc) is 2.87. The molecule has 1 aliphatic heterocycles. The van der Waals surface area contributed by atoms with Crippen molar-refractivity contribution in [2.45, 2.75) is 32.2 Å². The second-order valence-corrected chi connectivity index (χ2v) is 7.40. The molecule has 0 saturated carbocycles. The van der Waals surface area contributed by atoms with Gasteiger partial charge in [0, 0.05) is 13.0 Å². The van der Waals surface area contributed by atoms with E-state index < -0.39 is 17.9 Å². The monoisotopic (exact) mass is 391 g/mol. The van der Waals surface area contributed by atoms with Gasteiger partial charge in [0.2, 0.25) is 5.91 Å². The molecule has 1 N–H and O–H groups in total. The Hall–Kier alpha value is -2.19. The SMILES string of the molecule is CCC[C@@H](NC(=O)CCN1C(=O)/C(=C\c2ccccc2)SC1=S)C(=O)[O-]. The van der Waals surface area contributed by atoms with Crippen molar-refractivity contribution in [2.75, 3.05) is 6.54 Å². The minimum Gasteiger partial charge on any atom is -0.548 e. The lowest BCUT2D eigenvalue weighted by Crippen LogP contribution is -2.48. The Balaban J connectivity index is 1.94. The second kappa shape index (κ2) is 9.49. The molecule has 8 heteroatoms. The number of rotatable bonds is 8. The lowest BCUT2D eigenvalue weighted by atomic mass is 10.1. The van der Waals surface area contributed by atoms with Crippen LogP contribution in [0.15, 0.2) is 35.2 Å². The summed E-state index contributed by atoms with van der Waals surface area (Å²) in [6, 6.07) is 8.39. The molecule has 0 aliphatic carbocycles. The van der Waals surface area contributed by atoms with Crippen molar-refractivity contribution in [2.24, 2.45) is 0 Å². The normalized spacial score (nSPS) is 16.8. The van der Waals surface area contributed by atoms with E-state index in [1.807, 2.05) is 37.3 Å². The third-order valence-corrected chi connectivity index (χ3v) is 5.11. The highest BCUT2D eigenvalue weighted by Crippen LogP contribution is 2.32. The molecular formula is C18H19N2O4S2-. The van der Waals surface area contributed by atoms with E-state index >= 15 is 0 Å². The molecule has 138 valence electrons. The Kier molecular flexibility index (Phi) is 7.35. The molecule has 1 aromatic carbocycles. The summed E-state index contributed by atoms with van der Waals surface area (Å²) >= 11 is 6.41. The van der Waals surface area contributed by atoms with E-state index in [0.29, 0.717) is 22.1 Å². The van der Waals surface area contributed by atoms with Crippen LogP contribution in [0.1, 0.15) is 31.7 Å². The lowest BCUT2D eigenvalue weighted by molar-refractivity contribution is -0.308. The number of carboxylic acid groups (broad SMARTS) is 1. The van der Waals surface area contributed by atoms with Gasteiger partial charge < -0.3 is 15.2 Å². The van der Waals surface area contributed by atoms with Crippen molar-refractivity contribution >= 4 is 52.2 Å². The van der Waals surface area contributed by atoms with Gasteiger partial charge in [-0.2, -0.15) is 0 Å². The molecule has 1 aromatic rings. The number of thiocarbonyl (C=S) groups is 1. The number of carbonyl (C=O) groups excluding carboxylic acids is 3. The van der Waals surface area contributed by atoms with Gasteiger partial charge in [0.05, 0.1) is 16.9 Å². The van der Waals surface area contributed by atoms with Gasteiger partial charge in [-0.3, -0.25) is 14.5 Å². The van der Waals surface area contributed by atoms with Crippen LogP contribution >= 0.6 is 24.0 Å². The molecule has 0 bridgehead atoms. The van der Waals surface area contributed by atoms with E-state index in [-0.39, 0.29) is 18.9 Å². The molecule has 1 fully saturated rings. The predicted octanol–water partition coefficient (Wildman–Crippen LogP) is 1.31. The van der Waals surface area contributed by atoms with Gasteiger partial charge in [-0.25, -0.2) is 0 Å². The molecule has 6 nitrogen and oxygen atoms in total. The molecule has 1 heterocycles. The van der Waals surface area contributed by atoms with Crippen LogP contribution in [0.5, 0.6) is 0 Å². The number of aliphatic carboxylic acids is 1. The van der Waals surface area contributed by atoms with Crippen molar-refractivity contribution in [1.29, 1.82) is 0 Å². The van der Waals surface area contributed by atoms with E-state index in [2.05, 4.69) is 5.32 Å². The largest absolute Gasteiger partial charge is 0.548 e. The van der Waals surface area contributed by atoms with Crippen LogP contribution in [-0.4, -0.2) is 39.6 Å². The summed E-state index contributed by atoms with van der Waals surface area (Å²) in [4.78, 5) is 37.3. The number of nitrogens with zero attached hydrogens (tertiary/aromatic N) is 1. The molecular weight excluding hydrogens is 372 g/mol. The molecule has 1 aliphatic rings. The zero-order valence-electron chi connectivity index (χ0n) is 14.3. The number of carbonyl (C=O) groups is 3. The summed E-state index contributed by atoms with van der Waals surface area (Å²) in [6.07, 6.45) is 2.64.